The SMILES string of the molecule is FC(F)(F)c1cnc(Nc2ccc3c(c2)OCO3)nc1NC1CC1. The molecule has 1 aliphatic carbocycles. The quantitative estimate of drug-likeness (QED) is 0.889. The summed E-state index contributed by atoms with van der Waals surface area (Å²) in [6.07, 6.45) is -2.04. The molecule has 4 rings (SSSR count). The summed E-state index contributed by atoms with van der Waals surface area (Å²) in [5, 5.41) is 5.68. The molecule has 1 saturated carbocycles. The van der Waals surface area contributed by atoms with Crippen LogP contribution in [0.2, 0.25) is 0 Å². The standard InChI is InChI=1S/C15H13F3N4O2/c16-15(17,18)10-6-19-14(22-13(10)20-8-1-2-8)21-9-3-4-11-12(5-9)24-7-23-11/h3-6,8H,1-2,7H2,(H2,19,20,21,22). The van der Waals surface area contributed by atoms with E-state index in [1.54, 1.807) is 18.2 Å². The van der Waals surface area contributed by atoms with E-state index in [4.69, 9.17) is 9.47 Å². The molecule has 0 atom stereocenters. The van der Waals surface area contributed by atoms with Gasteiger partial charge in [-0.05, 0) is 25.0 Å². The number of alkyl halides is 3. The Morgan fingerprint density at radius 1 is 1.12 bits per heavy atom. The second kappa shape index (κ2) is 5.43. The van der Waals surface area contributed by atoms with Gasteiger partial charge in [0.1, 0.15) is 11.4 Å². The number of nitrogens with one attached hydrogen (secondary N) is 2. The maximum Gasteiger partial charge on any atom is 0.421 e. The van der Waals surface area contributed by atoms with Gasteiger partial charge in [-0.1, -0.05) is 0 Å². The molecule has 1 aromatic carbocycles. The molecule has 2 aliphatic rings. The molecule has 2 N–H and O–H groups in total. The second-order valence-corrected chi connectivity index (χ2v) is 5.57. The molecular formula is C15H13F3N4O2. The number of hydrogen-bond acceptors (Lipinski definition) is 6. The molecule has 6 nitrogen and oxygen atoms in total. The Bertz CT molecular complexity index is 778. The predicted molar refractivity (Wildman–Crippen MR) is 79.5 cm³/mol. The summed E-state index contributed by atoms with van der Waals surface area (Å²) in [6.45, 7) is 0.144. The zero-order valence-corrected chi connectivity index (χ0v) is 12.4. The van der Waals surface area contributed by atoms with Gasteiger partial charge in [-0.25, -0.2) is 4.98 Å². The number of rotatable bonds is 4. The number of nitrogens with zero attached hydrogens (tertiary/aromatic N) is 2. The zero-order chi connectivity index (χ0) is 16.7. The van der Waals surface area contributed by atoms with Crippen LogP contribution in [0.15, 0.2) is 24.4 Å². The Kier molecular flexibility index (Phi) is 3.36. The zero-order valence-electron chi connectivity index (χ0n) is 12.4. The van der Waals surface area contributed by atoms with Gasteiger partial charge < -0.3 is 20.1 Å². The number of fused-ring (bicyclic) bond motifs is 1. The predicted octanol–water partition coefficient (Wildman–Crippen LogP) is 3.54. The molecule has 2 heterocycles. The largest absolute Gasteiger partial charge is 0.454 e. The first kappa shape index (κ1) is 14.9. The number of hydrogen-bond donors (Lipinski definition) is 2. The van der Waals surface area contributed by atoms with Crippen LogP contribution >= 0.6 is 0 Å². The van der Waals surface area contributed by atoms with Crippen molar-refractivity contribution in [2.24, 2.45) is 0 Å². The van der Waals surface area contributed by atoms with Crippen LogP contribution in [0.3, 0.4) is 0 Å². The third kappa shape index (κ3) is 3.01. The molecule has 126 valence electrons. The van der Waals surface area contributed by atoms with E-state index in [2.05, 4.69) is 20.6 Å². The van der Waals surface area contributed by atoms with Crippen LogP contribution in [0.5, 0.6) is 11.5 Å². The molecule has 9 heteroatoms. The molecular weight excluding hydrogens is 325 g/mol. The summed E-state index contributed by atoms with van der Waals surface area (Å²) in [4.78, 5) is 7.75. The van der Waals surface area contributed by atoms with Crippen molar-refractivity contribution in [3.8, 4) is 11.5 Å². The van der Waals surface area contributed by atoms with E-state index >= 15 is 0 Å². The minimum atomic E-state index is -4.51. The van der Waals surface area contributed by atoms with E-state index < -0.39 is 11.7 Å². The molecule has 0 spiro atoms. The lowest BCUT2D eigenvalue weighted by Gasteiger charge is -2.14. The molecule has 0 unspecified atom stereocenters. The Morgan fingerprint density at radius 2 is 1.92 bits per heavy atom. The van der Waals surface area contributed by atoms with Gasteiger partial charge in [0.25, 0.3) is 0 Å². The van der Waals surface area contributed by atoms with Gasteiger partial charge in [0.05, 0.1) is 0 Å². The third-order valence-corrected chi connectivity index (χ3v) is 3.64. The van der Waals surface area contributed by atoms with Crippen LogP contribution in [-0.4, -0.2) is 22.8 Å². The Balaban J connectivity index is 1.61. The first-order chi connectivity index (χ1) is 11.5. The van der Waals surface area contributed by atoms with Gasteiger partial charge in [0, 0.05) is 24.0 Å². The van der Waals surface area contributed by atoms with Crippen LogP contribution < -0.4 is 20.1 Å². The first-order valence-electron chi connectivity index (χ1n) is 7.36. The van der Waals surface area contributed by atoms with Crippen molar-refractivity contribution in [1.29, 1.82) is 0 Å². The molecule has 2 aromatic rings. The van der Waals surface area contributed by atoms with Gasteiger partial charge in [0.2, 0.25) is 12.7 Å². The molecule has 1 aromatic heterocycles. The average molecular weight is 338 g/mol. The molecule has 1 fully saturated rings. The Hall–Kier alpha value is -2.71. The van der Waals surface area contributed by atoms with E-state index in [9.17, 15) is 13.2 Å². The molecule has 0 radical (unpaired) electrons. The van der Waals surface area contributed by atoms with Crippen LogP contribution in [-0.2, 0) is 6.18 Å². The topological polar surface area (TPSA) is 68.3 Å². The van der Waals surface area contributed by atoms with Crippen LogP contribution in [0.4, 0.5) is 30.6 Å². The number of halogens is 3. The highest BCUT2D eigenvalue weighted by molar-refractivity contribution is 5.61. The first-order valence-corrected chi connectivity index (χ1v) is 7.36. The fourth-order valence-corrected chi connectivity index (χ4v) is 2.28. The van der Waals surface area contributed by atoms with Crippen LogP contribution in [0.25, 0.3) is 0 Å². The van der Waals surface area contributed by atoms with Crippen molar-refractivity contribution in [3.63, 3.8) is 0 Å². The van der Waals surface area contributed by atoms with Crippen molar-refractivity contribution >= 4 is 17.5 Å². The van der Waals surface area contributed by atoms with Crippen molar-refractivity contribution in [3.05, 3.63) is 30.0 Å². The summed E-state index contributed by atoms with van der Waals surface area (Å²) in [5.74, 6) is 1.04. The highest BCUT2D eigenvalue weighted by Crippen LogP contribution is 2.37. The van der Waals surface area contributed by atoms with Gasteiger partial charge >= 0.3 is 6.18 Å². The van der Waals surface area contributed by atoms with E-state index in [1.165, 1.54) is 0 Å². The summed E-state index contributed by atoms with van der Waals surface area (Å²) >= 11 is 0. The van der Waals surface area contributed by atoms with Crippen molar-refractivity contribution < 1.29 is 22.6 Å². The Labute approximate surface area is 135 Å². The third-order valence-electron chi connectivity index (χ3n) is 3.64. The number of benzene rings is 1. The average Bonchev–Trinajstić information content (AvgIpc) is 3.21. The Morgan fingerprint density at radius 3 is 2.67 bits per heavy atom. The van der Waals surface area contributed by atoms with Crippen molar-refractivity contribution in [1.82, 2.24) is 9.97 Å². The summed E-state index contributed by atoms with van der Waals surface area (Å²) in [5.41, 5.74) is -0.276. The number of aromatic nitrogens is 2. The summed E-state index contributed by atoms with van der Waals surface area (Å²) < 4.78 is 49.6. The molecule has 0 saturated heterocycles. The lowest BCUT2D eigenvalue weighted by molar-refractivity contribution is -0.137. The van der Waals surface area contributed by atoms with E-state index in [0.717, 1.165) is 19.0 Å². The summed E-state index contributed by atoms with van der Waals surface area (Å²) in [6, 6.07) is 5.14. The number of anilines is 3. The maximum absolute atomic E-state index is 13.1. The van der Waals surface area contributed by atoms with Gasteiger partial charge in [-0.15, -0.1) is 0 Å². The van der Waals surface area contributed by atoms with Crippen molar-refractivity contribution in [2.45, 2.75) is 25.1 Å². The summed E-state index contributed by atoms with van der Waals surface area (Å²) in [7, 11) is 0. The minimum Gasteiger partial charge on any atom is -0.454 e. The maximum atomic E-state index is 13.1. The highest BCUT2D eigenvalue weighted by atomic mass is 19.4. The molecule has 0 amide bonds. The molecule has 1 aliphatic heterocycles. The van der Waals surface area contributed by atoms with Gasteiger partial charge in [0.15, 0.2) is 11.5 Å². The van der Waals surface area contributed by atoms with Gasteiger partial charge in [-0.3, -0.25) is 0 Å². The normalized spacial score (nSPS) is 16.1. The minimum absolute atomic E-state index is 0.0411. The molecule has 24 heavy (non-hydrogen) atoms. The monoisotopic (exact) mass is 338 g/mol. The fourth-order valence-electron chi connectivity index (χ4n) is 2.28. The van der Waals surface area contributed by atoms with E-state index in [-0.39, 0.29) is 24.6 Å². The second-order valence-electron chi connectivity index (χ2n) is 5.57. The molecule has 0 bridgehead atoms. The van der Waals surface area contributed by atoms with Gasteiger partial charge in [-0.2, -0.15) is 18.2 Å². The van der Waals surface area contributed by atoms with Crippen molar-refractivity contribution in [2.75, 3.05) is 17.4 Å². The van der Waals surface area contributed by atoms with Crippen LogP contribution in [0, 0.1) is 0 Å². The smallest absolute Gasteiger partial charge is 0.421 e. The van der Waals surface area contributed by atoms with E-state index in [1.807, 2.05) is 0 Å². The lowest BCUT2D eigenvalue weighted by Crippen LogP contribution is -2.15. The van der Waals surface area contributed by atoms with Crippen LogP contribution in [0.1, 0.15) is 18.4 Å². The lowest BCUT2D eigenvalue weighted by atomic mass is 10.2. The fraction of sp³-hybridized carbons (Fsp3) is 0.333. The number of ether oxygens (including phenoxy) is 2. The highest BCUT2D eigenvalue weighted by Gasteiger charge is 2.36. The van der Waals surface area contributed by atoms with E-state index in [0.29, 0.717) is 17.2 Å².